The number of nitrogens with one attached hydrogen (secondary N) is 1. The highest BCUT2D eigenvalue weighted by atomic mass is 16.6. The smallest absolute Gasteiger partial charge is 0.407 e. The lowest BCUT2D eigenvalue weighted by atomic mass is 10.3. The Hall–Kier alpha value is -1.49. The number of amides is 1. The number of alkyl carbamates (subject to hydrolysis) is 1. The molecule has 0 aliphatic rings. The van der Waals surface area contributed by atoms with Crippen LogP contribution < -0.4 is 5.32 Å². The van der Waals surface area contributed by atoms with Crippen molar-refractivity contribution in [2.24, 2.45) is 0 Å². The quantitative estimate of drug-likeness (QED) is 0.760. The van der Waals surface area contributed by atoms with E-state index in [9.17, 15) is 4.79 Å². The second-order valence-electron chi connectivity index (χ2n) is 2.74. The third-order valence-electron chi connectivity index (χ3n) is 1.63. The molecule has 0 bridgehead atoms. The first-order valence-electron chi connectivity index (χ1n) is 4.31. The third kappa shape index (κ3) is 3.10. The van der Waals surface area contributed by atoms with E-state index in [1.165, 1.54) is 6.26 Å². The van der Waals surface area contributed by atoms with Crippen LogP contribution in [-0.2, 0) is 4.74 Å². The summed E-state index contributed by atoms with van der Waals surface area (Å²) in [7, 11) is 0. The first kappa shape index (κ1) is 10.6. The molecule has 78 valence electrons. The molecule has 0 spiro atoms. The van der Waals surface area contributed by atoms with Crippen molar-refractivity contribution < 1.29 is 19.1 Å². The number of ether oxygens (including phenoxy) is 1. The van der Waals surface area contributed by atoms with Crippen molar-refractivity contribution in [1.82, 2.24) is 5.32 Å². The predicted octanol–water partition coefficient (Wildman–Crippen LogP) is 1.06. The zero-order chi connectivity index (χ0) is 10.4. The van der Waals surface area contributed by atoms with Gasteiger partial charge in [-0.2, -0.15) is 0 Å². The van der Waals surface area contributed by atoms with E-state index in [1.54, 1.807) is 19.1 Å². The van der Waals surface area contributed by atoms with Crippen molar-refractivity contribution >= 4 is 6.09 Å². The lowest BCUT2D eigenvalue weighted by molar-refractivity contribution is 0.116. The maximum absolute atomic E-state index is 11.0. The van der Waals surface area contributed by atoms with Crippen LogP contribution in [0.25, 0.3) is 0 Å². The van der Waals surface area contributed by atoms with E-state index in [0.717, 1.165) is 0 Å². The molecule has 0 unspecified atom stereocenters. The summed E-state index contributed by atoms with van der Waals surface area (Å²) in [5.74, 6) is 0.658. The minimum atomic E-state index is -0.567. The van der Waals surface area contributed by atoms with E-state index in [1.807, 2.05) is 0 Å². The molecule has 0 fully saturated rings. The standard InChI is InChI=1S/C9H13NO4/c1-7(8-3-2-5-13-8)10-9(12)14-6-4-11/h2-3,5,7,11H,4,6H2,1H3,(H,10,12)/t7-/m1/s1. The highest BCUT2D eigenvalue weighted by Crippen LogP contribution is 2.11. The first-order valence-corrected chi connectivity index (χ1v) is 4.31. The molecule has 0 saturated heterocycles. The van der Waals surface area contributed by atoms with Crippen LogP contribution in [0, 0.1) is 0 Å². The van der Waals surface area contributed by atoms with Crippen molar-refractivity contribution in [1.29, 1.82) is 0 Å². The van der Waals surface area contributed by atoms with Crippen molar-refractivity contribution in [3.63, 3.8) is 0 Å². The summed E-state index contributed by atoms with van der Waals surface area (Å²) >= 11 is 0. The predicted molar refractivity (Wildman–Crippen MR) is 48.7 cm³/mol. The average molecular weight is 199 g/mol. The topological polar surface area (TPSA) is 71.7 Å². The van der Waals surface area contributed by atoms with E-state index in [0.29, 0.717) is 5.76 Å². The van der Waals surface area contributed by atoms with Gasteiger partial charge in [0.15, 0.2) is 0 Å². The molecular formula is C9H13NO4. The Morgan fingerprint density at radius 3 is 3.14 bits per heavy atom. The molecule has 0 aromatic carbocycles. The van der Waals surface area contributed by atoms with E-state index in [2.05, 4.69) is 10.1 Å². The van der Waals surface area contributed by atoms with Crippen LogP contribution in [-0.4, -0.2) is 24.4 Å². The summed E-state index contributed by atoms with van der Waals surface area (Å²) in [6.07, 6.45) is 0.968. The molecular weight excluding hydrogens is 186 g/mol. The fourth-order valence-corrected chi connectivity index (χ4v) is 0.966. The zero-order valence-electron chi connectivity index (χ0n) is 7.90. The second kappa shape index (κ2) is 5.29. The molecule has 1 rings (SSSR count). The molecule has 5 heteroatoms. The van der Waals surface area contributed by atoms with Gasteiger partial charge < -0.3 is 19.6 Å². The Labute approximate surface area is 81.7 Å². The lowest BCUT2D eigenvalue weighted by Gasteiger charge is -2.10. The molecule has 2 N–H and O–H groups in total. The van der Waals surface area contributed by atoms with Gasteiger partial charge in [0.1, 0.15) is 12.4 Å². The summed E-state index contributed by atoms with van der Waals surface area (Å²) in [4.78, 5) is 11.0. The average Bonchev–Trinajstić information content (AvgIpc) is 2.67. The normalized spacial score (nSPS) is 12.1. The van der Waals surface area contributed by atoms with Crippen LogP contribution in [0.15, 0.2) is 22.8 Å². The number of hydrogen-bond acceptors (Lipinski definition) is 4. The van der Waals surface area contributed by atoms with E-state index >= 15 is 0 Å². The second-order valence-corrected chi connectivity index (χ2v) is 2.74. The maximum atomic E-state index is 11.0. The Morgan fingerprint density at radius 2 is 2.57 bits per heavy atom. The van der Waals surface area contributed by atoms with Crippen molar-refractivity contribution in [3.05, 3.63) is 24.2 Å². The van der Waals surface area contributed by atoms with Crippen molar-refractivity contribution in [2.75, 3.05) is 13.2 Å². The van der Waals surface area contributed by atoms with Gasteiger partial charge in [-0.3, -0.25) is 0 Å². The minimum absolute atomic E-state index is 0.00327. The molecule has 0 aliphatic carbocycles. The molecule has 14 heavy (non-hydrogen) atoms. The molecule has 0 saturated carbocycles. The van der Waals surface area contributed by atoms with Gasteiger partial charge >= 0.3 is 6.09 Å². The van der Waals surface area contributed by atoms with Crippen LogP contribution in [0.5, 0.6) is 0 Å². The van der Waals surface area contributed by atoms with Crippen molar-refractivity contribution in [2.45, 2.75) is 13.0 Å². The van der Waals surface area contributed by atoms with Gasteiger partial charge in [0.2, 0.25) is 0 Å². The summed E-state index contributed by atoms with van der Waals surface area (Å²) < 4.78 is 9.70. The monoisotopic (exact) mass is 199 g/mol. The lowest BCUT2D eigenvalue weighted by Crippen LogP contribution is -2.27. The number of rotatable bonds is 4. The molecule has 5 nitrogen and oxygen atoms in total. The largest absolute Gasteiger partial charge is 0.467 e. The van der Waals surface area contributed by atoms with Gasteiger partial charge in [0.05, 0.1) is 18.9 Å². The Kier molecular flexibility index (Phi) is 4.00. The highest BCUT2D eigenvalue weighted by molar-refractivity contribution is 5.67. The number of hydrogen-bond donors (Lipinski definition) is 2. The number of carbonyl (C=O) groups is 1. The number of aliphatic hydroxyl groups excluding tert-OH is 1. The SMILES string of the molecule is C[C@@H](NC(=O)OCCO)c1ccco1. The molecule has 1 heterocycles. The molecule has 1 amide bonds. The molecule has 1 aromatic rings. The van der Waals surface area contributed by atoms with Crippen molar-refractivity contribution in [3.8, 4) is 0 Å². The van der Waals surface area contributed by atoms with Crippen LogP contribution in [0.4, 0.5) is 4.79 Å². The Balaban J connectivity index is 2.33. The van der Waals surface area contributed by atoms with Crippen LogP contribution in [0.3, 0.4) is 0 Å². The fraction of sp³-hybridized carbons (Fsp3) is 0.444. The van der Waals surface area contributed by atoms with Crippen LogP contribution in [0.1, 0.15) is 18.7 Å². The van der Waals surface area contributed by atoms with Gasteiger partial charge in [-0.05, 0) is 19.1 Å². The number of carbonyl (C=O) groups excluding carboxylic acids is 1. The Bertz CT molecular complexity index is 270. The van der Waals surface area contributed by atoms with E-state index in [-0.39, 0.29) is 19.3 Å². The van der Waals surface area contributed by atoms with Crippen LogP contribution in [0.2, 0.25) is 0 Å². The summed E-state index contributed by atoms with van der Waals surface area (Å²) in [5, 5.41) is 11.0. The fourth-order valence-electron chi connectivity index (χ4n) is 0.966. The summed E-state index contributed by atoms with van der Waals surface area (Å²) in [6.45, 7) is 1.60. The van der Waals surface area contributed by atoms with Gasteiger partial charge in [-0.15, -0.1) is 0 Å². The highest BCUT2D eigenvalue weighted by Gasteiger charge is 2.11. The van der Waals surface area contributed by atoms with Gasteiger partial charge in [-0.25, -0.2) is 4.79 Å². The summed E-state index contributed by atoms with van der Waals surface area (Å²) in [5.41, 5.74) is 0. The zero-order valence-corrected chi connectivity index (χ0v) is 7.90. The van der Waals surface area contributed by atoms with Crippen LogP contribution >= 0.6 is 0 Å². The van der Waals surface area contributed by atoms with E-state index < -0.39 is 6.09 Å². The number of aliphatic hydroxyl groups is 1. The third-order valence-corrected chi connectivity index (χ3v) is 1.63. The maximum Gasteiger partial charge on any atom is 0.407 e. The van der Waals surface area contributed by atoms with Gasteiger partial charge in [-0.1, -0.05) is 0 Å². The van der Waals surface area contributed by atoms with Gasteiger partial charge in [0.25, 0.3) is 0 Å². The minimum Gasteiger partial charge on any atom is -0.467 e. The summed E-state index contributed by atoms with van der Waals surface area (Å²) in [6, 6.07) is 3.26. The molecule has 0 aliphatic heterocycles. The molecule has 1 atom stereocenters. The van der Waals surface area contributed by atoms with Gasteiger partial charge in [0, 0.05) is 0 Å². The first-order chi connectivity index (χ1) is 6.74. The van der Waals surface area contributed by atoms with E-state index in [4.69, 9.17) is 9.52 Å². The Morgan fingerprint density at radius 1 is 1.79 bits per heavy atom. The number of furan rings is 1. The molecule has 1 aromatic heterocycles. The molecule has 0 radical (unpaired) electrons.